The summed E-state index contributed by atoms with van der Waals surface area (Å²) >= 11 is 0. The number of amides is 2. The standard InChI is InChI=1S/C21H23F2N4O7P/c1-25-20(31)16-18(29)17(28)14(19(30)24-9-11-3-4-12(22)7-15(11)23)10-27(16)26(2)21(25)6-5-13(8-21)35(32,33)34/h3-4,7,10,13,29H,5-6,8-9H2,1-2H3,(H,24,30)(H2,32,33,34)/t13-,21?/m1/s1. The minimum atomic E-state index is -4.44. The molecule has 2 amide bonds. The number of aromatic nitrogens is 1. The van der Waals surface area contributed by atoms with Crippen LogP contribution in [0.1, 0.15) is 45.7 Å². The van der Waals surface area contributed by atoms with E-state index < -0.39 is 64.8 Å². The normalized spacial score (nSPS) is 22.0. The summed E-state index contributed by atoms with van der Waals surface area (Å²) in [6, 6.07) is 2.78. The molecule has 1 aromatic heterocycles. The van der Waals surface area contributed by atoms with E-state index in [1.807, 2.05) is 0 Å². The number of nitrogens with one attached hydrogen (secondary N) is 1. The predicted octanol–water partition coefficient (Wildman–Crippen LogP) is 0.842. The lowest BCUT2D eigenvalue weighted by molar-refractivity contribution is 0.0402. The molecule has 1 aliphatic carbocycles. The van der Waals surface area contributed by atoms with Crippen molar-refractivity contribution in [2.75, 3.05) is 19.1 Å². The van der Waals surface area contributed by atoms with Crippen LogP contribution in [0.25, 0.3) is 0 Å². The topological polar surface area (TPSA) is 152 Å². The highest BCUT2D eigenvalue weighted by molar-refractivity contribution is 7.52. The van der Waals surface area contributed by atoms with Gasteiger partial charge in [0.1, 0.15) is 22.9 Å². The summed E-state index contributed by atoms with van der Waals surface area (Å²) < 4.78 is 40.0. The Morgan fingerprint density at radius 1 is 1.26 bits per heavy atom. The van der Waals surface area contributed by atoms with Gasteiger partial charge in [-0.2, -0.15) is 0 Å². The molecule has 2 aromatic rings. The second-order valence-electron chi connectivity index (χ2n) is 8.69. The number of hydrogen-bond acceptors (Lipinski definition) is 6. The number of carbonyl (C=O) groups is 2. The molecule has 188 valence electrons. The van der Waals surface area contributed by atoms with Crippen molar-refractivity contribution in [2.45, 2.75) is 37.1 Å². The van der Waals surface area contributed by atoms with Crippen molar-refractivity contribution in [3.63, 3.8) is 0 Å². The Morgan fingerprint density at radius 2 is 1.94 bits per heavy atom. The Labute approximate surface area is 197 Å². The maximum atomic E-state index is 13.9. The average molecular weight is 512 g/mol. The van der Waals surface area contributed by atoms with E-state index in [0.29, 0.717) is 6.07 Å². The number of nitrogens with zero attached hydrogens (tertiary/aromatic N) is 3. The zero-order chi connectivity index (χ0) is 25.9. The molecule has 2 heterocycles. The van der Waals surface area contributed by atoms with E-state index in [4.69, 9.17) is 0 Å². The monoisotopic (exact) mass is 512 g/mol. The van der Waals surface area contributed by atoms with E-state index in [2.05, 4.69) is 5.32 Å². The highest BCUT2D eigenvalue weighted by atomic mass is 31.2. The second-order valence-corrected chi connectivity index (χ2v) is 10.6. The fraction of sp³-hybridized carbons (Fsp3) is 0.381. The van der Waals surface area contributed by atoms with Crippen molar-refractivity contribution in [1.82, 2.24) is 14.9 Å². The number of hydrogen-bond donors (Lipinski definition) is 4. The summed E-state index contributed by atoms with van der Waals surface area (Å²) in [7, 11) is -1.53. The molecule has 1 fully saturated rings. The third-order valence-electron chi connectivity index (χ3n) is 6.84. The molecular weight excluding hydrogens is 489 g/mol. The van der Waals surface area contributed by atoms with E-state index in [1.54, 1.807) is 0 Å². The summed E-state index contributed by atoms with van der Waals surface area (Å²) in [6.07, 6.45) is 1.29. The summed E-state index contributed by atoms with van der Waals surface area (Å²) in [6.45, 7) is -0.377. The molecule has 1 aliphatic heterocycles. The van der Waals surface area contributed by atoms with Crippen LogP contribution in [0.2, 0.25) is 0 Å². The van der Waals surface area contributed by atoms with E-state index >= 15 is 0 Å². The highest BCUT2D eigenvalue weighted by Crippen LogP contribution is 2.54. The first kappa shape index (κ1) is 24.8. The number of benzene rings is 1. The molecule has 1 spiro atoms. The van der Waals surface area contributed by atoms with Gasteiger partial charge in [0, 0.05) is 44.9 Å². The fourth-order valence-corrected chi connectivity index (χ4v) is 5.75. The molecule has 4 N–H and O–H groups in total. The Morgan fingerprint density at radius 3 is 2.54 bits per heavy atom. The summed E-state index contributed by atoms with van der Waals surface area (Å²) in [5.41, 5.74) is -4.29. The van der Waals surface area contributed by atoms with Gasteiger partial charge in [0.15, 0.2) is 11.4 Å². The Hall–Kier alpha value is -3.28. The smallest absolute Gasteiger partial charge is 0.328 e. The van der Waals surface area contributed by atoms with Crippen LogP contribution in [0.15, 0.2) is 29.2 Å². The Kier molecular flexibility index (Phi) is 5.98. The molecule has 14 heteroatoms. The zero-order valence-corrected chi connectivity index (χ0v) is 19.6. The minimum absolute atomic E-state index is 0.0376. The molecule has 1 unspecified atom stereocenters. The van der Waals surface area contributed by atoms with Gasteiger partial charge >= 0.3 is 7.60 Å². The Balaban J connectivity index is 1.70. The van der Waals surface area contributed by atoms with Crippen LogP contribution in [0.3, 0.4) is 0 Å². The summed E-state index contributed by atoms with van der Waals surface area (Å²) in [5.74, 6) is -4.41. The molecule has 2 aliphatic rings. The molecule has 1 saturated carbocycles. The highest BCUT2D eigenvalue weighted by Gasteiger charge is 2.55. The van der Waals surface area contributed by atoms with Gasteiger partial charge in [0.2, 0.25) is 5.43 Å². The lowest BCUT2D eigenvalue weighted by Crippen LogP contribution is -2.67. The number of rotatable bonds is 4. The van der Waals surface area contributed by atoms with Crippen LogP contribution >= 0.6 is 7.60 Å². The third kappa shape index (κ3) is 3.99. The van der Waals surface area contributed by atoms with Gasteiger partial charge in [-0.25, -0.2) is 8.78 Å². The summed E-state index contributed by atoms with van der Waals surface area (Å²) in [5, 5.41) is 14.3. The van der Waals surface area contributed by atoms with Crippen molar-refractivity contribution in [3.8, 4) is 5.75 Å². The quantitative estimate of drug-likeness (QED) is 0.440. The van der Waals surface area contributed by atoms with Gasteiger partial charge in [-0.3, -0.25) is 28.6 Å². The molecule has 4 rings (SSSR count). The molecule has 35 heavy (non-hydrogen) atoms. The van der Waals surface area contributed by atoms with Crippen molar-refractivity contribution < 1.29 is 37.8 Å². The first-order chi connectivity index (χ1) is 16.3. The van der Waals surface area contributed by atoms with Crippen LogP contribution in [0, 0.1) is 11.6 Å². The van der Waals surface area contributed by atoms with E-state index in [9.17, 15) is 42.6 Å². The molecule has 2 atom stereocenters. The zero-order valence-electron chi connectivity index (χ0n) is 18.7. The van der Waals surface area contributed by atoms with E-state index in [0.717, 1.165) is 23.0 Å². The minimum Gasteiger partial charge on any atom is -0.502 e. The predicted molar refractivity (Wildman–Crippen MR) is 119 cm³/mol. The van der Waals surface area contributed by atoms with E-state index in [-0.39, 0.29) is 31.4 Å². The van der Waals surface area contributed by atoms with Crippen LogP contribution < -0.4 is 15.8 Å². The first-order valence-electron chi connectivity index (χ1n) is 10.6. The van der Waals surface area contributed by atoms with E-state index in [1.165, 1.54) is 24.0 Å². The molecular formula is C21H23F2N4O7P. The molecule has 11 nitrogen and oxygen atoms in total. The van der Waals surface area contributed by atoms with Crippen LogP contribution in [0.4, 0.5) is 8.78 Å². The first-order valence-corrected chi connectivity index (χ1v) is 12.2. The number of pyridine rings is 1. The van der Waals surface area contributed by atoms with Gasteiger partial charge in [0.25, 0.3) is 11.8 Å². The van der Waals surface area contributed by atoms with Crippen molar-refractivity contribution in [3.05, 3.63) is 63.1 Å². The number of fused-ring (bicyclic) bond motifs is 1. The van der Waals surface area contributed by atoms with Crippen molar-refractivity contribution in [2.24, 2.45) is 0 Å². The lowest BCUT2D eigenvalue weighted by atomic mass is 10.0. The molecule has 1 aromatic carbocycles. The molecule has 0 saturated heterocycles. The lowest BCUT2D eigenvalue weighted by Gasteiger charge is -2.51. The number of carbonyl (C=O) groups excluding carboxylic acids is 2. The SMILES string of the molecule is CN1C(=O)c2c(O)c(=O)c(C(=O)NCc3ccc(F)cc3F)cn2N(C)C12CC[C@@H](P(=O)(O)O)C2. The Bertz CT molecular complexity index is 1340. The van der Waals surface area contributed by atoms with Gasteiger partial charge < -0.3 is 25.1 Å². The van der Waals surface area contributed by atoms with Crippen LogP contribution in [-0.2, 0) is 11.1 Å². The maximum absolute atomic E-state index is 13.9. The molecule has 0 radical (unpaired) electrons. The number of halogens is 2. The van der Waals surface area contributed by atoms with Crippen molar-refractivity contribution in [1.29, 1.82) is 0 Å². The average Bonchev–Trinajstić information content (AvgIpc) is 3.24. The van der Waals surface area contributed by atoms with Gasteiger partial charge in [-0.05, 0) is 18.9 Å². The largest absolute Gasteiger partial charge is 0.502 e. The van der Waals surface area contributed by atoms with Crippen molar-refractivity contribution >= 4 is 19.4 Å². The summed E-state index contributed by atoms with van der Waals surface area (Å²) in [4.78, 5) is 59.1. The van der Waals surface area contributed by atoms with Gasteiger partial charge in [0.05, 0.1) is 5.66 Å². The van der Waals surface area contributed by atoms with Crippen LogP contribution in [0.5, 0.6) is 5.75 Å². The molecule has 0 bridgehead atoms. The van der Waals surface area contributed by atoms with Gasteiger partial charge in [-0.1, -0.05) is 6.07 Å². The second kappa shape index (κ2) is 8.43. The number of aromatic hydroxyl groups is 1. The van der Waals surface area contributed by atoms with Crippen LogP contribution in [-0.4, -0.2) is 61.7 Å². The fourth-order valence-electron chi connectivity index (χ4n) is 4.75. The van der Waals surface area contributed by atoms with Gasteiger partial charge in [-0.15, -0.1) is 0 Å². The third-order valence-corrected chi connectivity index (χ3v) is 8.23. The maximum Gasteiger partial charge on any atom is 0.328 e.